The third-order valence-electron chi connectivity index (χ3n) is 3.99. The molecule has 0 bridgehead atoms. The van der Waals surface area contributed by atoms with Crippen molar-refractivity contribution in [1.82, 2.24) is 9.97 Å². The molecular formula is C20H18N4. The highest BCUT2D eigenvalue weighted by atomic mass is 14.9. The number of para-hydroxylation sites is 1. The number of anilines is 3. The molecular weight excluding hydrogens is 296 g/mol. The summed E-state index contributed by atoms with van der Waals surface area (Å²) in [4.78, 5) is 7.41. The minimum atomic E-state index is 0.791. The van der Waals surface area contributed by atoms with Gasteiger partial charge in [-0.3, -0.25) is 4.98 Å². The molecule has 0 saturated carbocycles. The van der Waals surface area contributed by atoms with Crippen molar-refractivity contribution in [1.29, 1.82) is 0 Å². The zero-order chi connectivity index (χ0) is 16.2. The summed E-state index contributed by atoms with van der Waals surface area (Å²) in [5.74, 6) is 0. The number of benzene rings is 2. The van der Waals surface area contributed by atoms with Crippen molar-refractivity contribution in [3.8, 4) is 0 Å². The molecule has 3 N–H and O–H groups in total. The van der Waals surface area contributed by atoms with Gasteiger partial charge >= 0.3 is 0 Å². The minimum absolute atomic E-state index is 0.791. The number of aromatic nitrogens is 2. The molecule has 0 atom stereocenters. The van der Waals surface area contributed by atoms with Crippen molar-refractivity contribution < 1.29 is 0 Å². The molecule has 4 rings (SSSR count). The minimum Gasteiger partial charge on any atom is -0.381 e. The van der Waals surface area contributed by atoms with E-state index in [0.717, 1.165) is 23.6 Å². The van der Waals surface area contributed by atoms with Crippen molar-refractivity contribution >= 4 is 28.0 Å². The van der Waals surface area contributed by atoms with Crippen LogP contribution < -0.4 is 10.6 Å². The number of nitrogens with zero attached hydrogens (tertiary/aromatic N) is 1. The van der Waals surface area contributed by atoms with Crippen molar-refractivity contribution in [2.24, 2.45) is 0 Å². The van der Waals surface area contributed by atoms with Gasteiger partial charge in [0.2, 0.25) is 0 Å². The molecule has 0 radical (unpaired) electrons. The average molecular weight is 314 g/mol. The van der Waals surface area contributed by atoms with Crippen molar-refractivity contribution in [3.63, 3.8) is 0 Å². The Bertz CT molecular complexity index is 927. The van der Waals surface area contributed by atoms with Crippen LogP contribution in [0.1, 0.15) is 5.56 Å². The summed E-state index contributed by atoms with van der Waals surface area (Å²) in [7, 11) is 0. The molecule has 24 heavy (non-hydrogen) atoms. The van der Waals surface area contributed by atoms with E-state index in [1.54, 1.807) is 6.20 Å². The lowest BCUT2D eigenvalue weighted by Gasteiger charge is -2.09. The maximum atomic E-state index is 4.10. The second kappa shape index (κ2) is 6.46. The molecule has 0 unspecified atom stereocenters. The number of aromatic amines is 1. The molecule has 2 aromatic carbocycles. The van der Waals surface area contributed by atoms with Crippen LogP contribution in [0.25, 0.3) is 10.9 Å². The summed E-state index contributed by atoms with van der Waals surface area (Å²) < 4.78 is 0. The second-order valence-corrected chi connectivity index (χ2v) is 5.66. The molecule has 0 saturated heterocycles. The van der Waals surface area contributed by atoms with E-state index in [2.05, 4.69) is 69.3 Å². The highest BCUT2D eigenvalue weighted by molar-refractivity contribution is 5.83. The van der Waals surface area contributed by atoms with E-state index in [-0.39, 0.29) is 0 Å². The Balaban J connectivity index is 1.42. The Kier molecular flexibility index (Phi) is 3.86. The molecule has 4 aromatic rings. The van der Waals surface area contributed by atoms with Gasteiger partial charge in [-0.05, 0) is 48.0 Å². The molecule has 4 nitrogen and oxygen atoms in total. The van der Waals surface area contributed by atoms with Gasteiger partial charge in [-0.15, -0.1) is 0 Å². The summed E-state index contributed by atoms with van der Waals surface area (Å²) in [6.45, 7) is 0.791. The summed E-state index contributed by atoms with van der Waals surface area (Å²) in [6, 6.07) is 20.5. The Labute approximate surface area is 140 Å². The molecule has 0 aliphatic heterocycles. The number of rotatable bonds is 5. The molecule has 2 heterocycles. The number of pyridine rings is 1. The molecule has 0 spiro atoms. The Morgan fingerprint density at radius 2 is 1.67 bits per heavy atom. The van der Waals surface area contributed by atoms with Crippen LogP contribution in [0.4, 0.5) is 17.1 Å². The number of H-pyrrole nitrogens is 1. The van der Waals surface area contributed by atoms with Crippen LogP contribution in [-0.4, -0.2) is 9.97 Å². The summed E-state index contributed by atoms with van der Waals surface area (Å²) in [5, 5.41) is 8.06. The van der Waals surface area contributed by atoms with E-state index in [1.165, 1.54) is 16.5 Å². The van der Waals surface area contributed by atoms with Crippen molar-refractivity contribution in [2.45, 2.75) is 6.54 Å². The summed E-state index contributed by atoms with van der Waals surface area (Å²) in [5.41, 5.74) is 5.56. The van der Waals surface area contributed by atoms with Crippen LogP contribution in [0.5, 0.6) is 0 Å². The third kappa shape index (κ3) is 3.08. The topological polar surface area (TPSA) is 52.7 Å². The molecule has 0 aliphatic carbocycles. The molecule has 0 aliphatic rings. The quantitative estimate of drug-likeness (QED) is 0.490. The summed E-state index contributed by atoms with van der Waals surface area (Å²) >= 11 is 0. The van der Waals surface area contributed by atoms with Gasteiger partial charge in [-0.2, -0.15) is 0 Å². The monoisotopic (exact) mass is 314 g/mol. The van der Waals surface area contributed by atoms with Crippen LogP contribution in [0.3, 0.4) is 0 Å². The smallest absolute Gasteiger partial charge is 0.0570 e. The molecule has 0 fully saturated rings. The molecule has 0 amide bonds. The maximum Gasteiger partial charge on any atom is 0.0570 e. The predicted octanol–water partition coefficient (Wildman–Crippen LogP) is 4.92. The lowest BCUT2D eigenvalue weighted by Crippen LogP contribution is -1.98. The zero-order valence-electron chi connectivity index (χ0n) is 13.2. The molecule has 4 heteroatoms. The average Bonchev–Trinajstić information content (AvgIpc) is 3.05. The number of fused-ring (bicyclic) bond motifs is 1. The predicted molar refractivity (Wildman–Crippen MR) is 99.6 cm³/mol. The largest absolute Gasteiger partial charge is 0.381 e. The van der Waals surface area contributed by atoms with Gasteiger partial charge in [0, 0.05) is 41.2 Å². The van der Waals surface area contributed by atoms with E-state index in [1.807, 2.05) is 24.4 Å². The van der Waals surface area contributed by atoms with Crippen LogP contribution in [-0.2, 0) is 6.54 Å². The van der Waals surface area contributed by atoms with Crippen LogP contribution in [0.2, 0.25) is 0 Å². The fraction of sp³-hybridized carbons (Fsp3) is 0.0500. The Morgan fingerprint density at radius 3 is 2.50 bits per heavy atom. The van der Waals surface area contributed by atoms with E-state index in [4.69, 9.17) is 0 Å². The van der Waals surface area contributed by atoms with E-state index >= 15 is 0 Å². The van der Waals surface area contributed by atoms with Gasteiger partial charge in [0.25, 0.3) is 0 Å². The molecule has 118 valence electrons. The summed E-state index contributed by atoms with van der Waals surface area (Å²) in [6.07, 6.45) is 5.64. The SMILES string of the molecule is c1cncc(Nc2ccc(NCc3c[nH]c4ccccc34)cc2)c1. The van der Waals surface area contributed by atoms with Gasteiger partial charge in [0.15, 0.2) is 0 Å². The highest BCUT2D eigenvalue weighted by Gasteiger charge is 2.02. The lowest BCUT2D eigenvalue weighted by molar-refractivity contribution is 1.16. The van der Waals surface area contributed by atoms with E-state index in [9.17, 15) is 0 Å². The molecule has 2 aromatic heterocycles. The Morgan fingerprint density at radius 1 is 0.833 bits per heavy atom. The standard InChI is InChI=1S/C20H18N4/c1-2-6-20-19(5-1)15(13-23-20)12-22-16-7-9-17(10-8-16)24-18-4-3-11-21-14-18/h1-11,13-14,22-24H,12H2. The Hall–Kier alpha value is -3.27. The van der Waals surface area contributed by atoms with Crippen LogP contribution in [0.15, 0.2) is 79.3 Å². The maximum absolute atomic E-state index is 4.10. The first-order chi connectivity index (χ1) is 11.9. The third-order valence-corrected chi connectivity index (χ3v) is 3.99. The number of nitrogens with one attached hydrogen (secondary N) is 3. The highest BCUT2D eigenvalue weighted by Crippen LogP contribution is 2.21. The first-order valence-electron chi connectivity index (χ1n) is 7.94. The fourth-order valence-corrected chi connectivity index (χ4v) is 2.75. The van der Waals surface area contributed by atoms with Crippen molar-refractivity contribution in [3.05, 3.63) is 84.8 Å². The zero-order valence-corrected chi connectivity index (χ0v) is 13.2. The van der Waals surface area contributed by atoms with Crippen molar-refractivity contribution in [2.75, 3.05) is 10.6 Å². The first kappa shape index (κ1) is 14.3. The first-order valence-corrected chi connectivity index (χ1v) is 7.94. The van der Waals surface area contributed by atoms with E-state index < -0.39 is 0 Å². The normalized spacial score (nSPS) is 10.7. The fourth-order valence-electron chi connectivity index (χ4n) is 2.75. The second-order valence-electron chi connectivity index (χ2n) is 5.66. The van der Waals surface area contributed by atoms with Gasteiger partial charge in [-0.1, -0.05) is 18.2 Å². The van der Waals surface area contributed by atoms with Gasteiger partial charge in [-0.25, -0.2) is 0 Å². The van der Waals surface area contributed by atoms with Crippen LogP contribution in [0, 0.1) is 0 Å². The van der Waals surface area contributed by atoms with E-state index in [0.29, 0.717) is 0 Å². The lowest BCUT2D eigenvalue weighted by atomic mass is 10.1. The van der Waals surface area contributed by atoms with Gasteiger partial charge < -0.3 is 15.6 Å². The number of hydrogen-bond acceptors (Lipinski definition) is 3. The van der Waals surface area contributed by atoms with Gasteiger partial charge in [0.1, 0.15) is 0 Å². The number of hydrogen-bond donors (Lipinski definition) is 3. The van der Waals surface area contributed by atoms with Crippen LogP contribution >= 0.6 is 0 Å². The van der Waals surface area contributed by atoms with Gasteiger partial charge in [0.05, 0.1) is 11.9 Å².